The summed E-state index contributed by atoms with van der Waals surface area (Å²) >= 11 is 0. The van der Waals surface area contributed by atoms with Gasteiger partial charge in [-0.3, -0.25) is 5.43 Å². The van der Waals surface area contributed by atoms with Crippen molar-refractivity contribution in [2.75, 3.05) is 10.7 Å². The van der Waals surface area contributed by atoms with Crippen molar-refractivity contribution in [2.45, 2.75) is 18.4 Å². The number of hydrogen-bond donors (Lipinski definition) is 3. The van der Waals surface area contributed by atoms with Crippen molar-refractivity contribution in [3.05, 3.63) is 48.2 Å². The molecule has 4 N–H and O–H groups in total. The van der Waals surface area contributed by atoms with Crippen LogP contribution in [0.4, 0.5) is 11.8 Å². The first kappa shape index (κ1) is 11.0. The van der Waals surface area contributed by atoms with Crippen molar-refractivity contribution < 1.29 is 0 Å². The number of nitrogens with one attached hydrogen (secondary N) is 2. The monoisotopic (exact) mass is 241 g/mol. The van der Waals surface area contributed by atoms with Gasteiger partial charge in [0.15, 0.2) is 0 Å². The maximum Gasteiger partial charge on any atom is 0.239 e. The molecule has 2 atom stereocenters. The predicted octanol–water partition coefficient (Wildman–Crippen LogP) is 1.73. The van der Waals surface area contributed by atoms with Gasteiger partial charge in [0.05, 0.1) is 0 Å². The highest BCUT2D eigenvalue weighted by atomic mass is 15.3. The van der Waals surface area contributed by atoms with Gasteiger partial charge >= 0.3 is 0 Å². The van der Waals surface area contributed by atoms with Gasteiger partial charge in [0.2, 0.25) is 5.95 Å². The molecule has 0 bridgehead atoms. The second kappa shape index (κ2) is 4.62. The number of aromatic nitrogens is 2. The van der Waals surface area contributed by atoms with E-state index in [4.69, 9.17) is 5.84 Å². The molecule has 5 nitrogen and oxygen atoms in total. The van der Waals surface area contributed by atoms with Crippen LogP contribution in [0.5, 0.6) is 0 Å². The van der Waals surface area contributed by atoms with E-state index < -0.39 is 0 Å². The van der Waals surface area contributed by atoms with Crippen LogP contribution in [0.1, 0.15) is 17.9 Å². The lowest BCUT2D eigenvalue weighted by molar-refractivity contribution is 1.02. The molecule has 0 radical (unpaired) electrons. The van der Waals surface area contributed by atoms with Gasteiger partial charge in [-0.25, -0.2) is 10.8 Å². The van der Waals surface area contributed by atoms with Crippen LogP contribution in [-0.4, -0.2) is 16.0 Å². The fourth-order valence-corrected chi connectivity index (χ4v) is 2.12. The van der Waals surface area contributed by atoms with Gasteiger partial charge in [0, 0.05) is 18.2 Å². The summed E-state index contributed by atoms with van der Waals surface area (Å²) in [6.07, 6.45) is 2.82. The van der Waals surface area contributed by atoms with Gasteiger partial charge in [-0.15, -0.1) is 0 Å². The van der Waals surface area contributed by atoms with E-state index in [1.807, 2.05) is 12.1 Å². The normalized spacial score (nSPS) is 21.4. The van der Waals surface area contributed by atoms with Gasteiger partial charge < -0.3 is 5.32 Å². The zero-order valence-electron chi connectivity index (χ0n) is 9.88. The third-order valence-corrected chi connectivity index (χ3v) is 3.14. The molecule has 2 unspecified atom stereocenters. The topological polar surface area (TPSA) is 75.9 Å². The third kappa shape index (κ3) is 2.26. The molecule has 0 aliphatic heterocycles. The summed E-state index contributed by atoms with van der Waals surface area (Å²) < 4.78 is 0. The Morgan fingerprint density at radius 1 is 1.17 bits per heavy atom. The zero-order chi connectivity index (χ0) is 12.4. The van der Waals surface area contributed by atoms with E-state index in [-0.39, 0.29) is 0 Å². The lowest BCUT2D eigenvalue weighted by Gasteiger charge is -2.06. The minimum atomic E-state index is 0.428. The highest BCUT2D eigenvalue weighted by Gasteiger charge is 2.38. The Balaban J connectivity index is 1.65. The molecule has 0 saturated heterocycles. The predicted molar refractivity (Wildman–Crippen MR) is 71.1 cm³/mol. The molecular weight excluding hydrogens is 226 g/mol. The van der Waals surface area contributed by atoms with E-state index in [2.05, 4.69) is 45.0 Å². The lowest BCUT2D eigenvalue weighted by atomic mass is 10.1. The summed E-state index contributed by atoms with van der Waals surface area (Å²) in [6, 6.07) is 12.8. The summed E-state index contributed by atoms with van der Waals surface area (Å²) in [5.74, 6) is 7.09. The molecule has 92 valence electrons. The van der Waals surface area contributed by atoms with Crippen LogP contribution in [0.15, 0.2) is 42.6 Å². The summed E-state index contributed by atoms with van der Waals surface area (Å²) in [5, 5.41) is 3.39. The average Bonchev–Trinajstić information content (AvgIpc) is 3.19. The molecule has 0 amide bonds. The maximum absolute atomic E-state index is 5.28. The van der Waals surface area contributed by atoms with E-state index in [0.29, 0.717) is 17.9 Å². The Morgan fingerprint density at radius 3 is 2.78 bits per heavy atom. The van der Waals surface area contributed by atoms with Crippen LogP contribution in [-0.2, 0) is 0 Å². The molecule has 5 heteroatoms. The summed E-state index contributed by atoms with van der Waals surface area (Å²) in [6.45, 7) is 0. The van der Waals surface area contributed by atoms with Crippen LogP contribution in [0, 0.1) is 0 Å². The van der Waals surface area contributed by atoms with Crippen molar-refractivity contribution >= 4 is 11.8 Å². The van der Waals surface area contributed by atoms with E-state index >= 15 is 0 Å². The molecule has 1 aliphatic carbocycles. The molecule has 1 saturated carbocycles. The number of anilines is 2. The first-order chi connectivity index (χ1) is 8.86. The Hall–Kier alpha value is -2.14. The van der Waals surface area contributed by atoms with Crippen molar-refractivity contribution in [2.24, 2.45) is 5.84 Å². The number of hydrogen-bond acceptors (Lipinski definition) is 5. The second-order valence-electron chi connectivity index (χ2n) is 4.41. The molecule has 1 aliphatic rings. The summed E-state index contributed by atoms with van der Waals surface area (Å²) in [7, 11) is 0. The standard InChI is InChI=1S/C13H15N5/c14-18-13-15-7-6-12(17-13)16-11-8-10(11)9-4-2-1-3-5-9/h1-7,10-11H,8,14H2,(H2,15,16,17,18). The first-order valence-electron chi connectivity index (χ1n) is 5.98. The van der Waals surface area contributed by atoms with Crippen LogP contribution >= 0.6 is 0 Å². The molecule has 1 heterocycles. The number of nitrogens with two attached hydrogens (primary N) is 1. The molecule has 1 fully saturated rings. The maximum atomic E-state index is 5.28. The number of nitrogen functional groups attached to an aromatic ring is 1. The summed E-state index contributed by atoms with van der Waals surface area (Å²) in [5.41, 5.74) is 3.82. The second-order valence-corrected chi connectivity index (χ2v) is 4.41. The third-order valence-electron chi connectivity index (χ3n) is 3.14. The Kier molecular flexibility index (Phi) is 2.82. The zero-order valence-corrected chi connectivity index (χ0v) is 9.88. The molecule has 18 heavy (non-hydrogen) atoms. The molecule has 1 aromatic heterocycles. The Bertz CT molecular complexity index is 528. The summed E-state index contributed by atoms with van der Waals surface area (Å²) in [4.78, 5) is 8.22. The number of benzene rings is 1. The largest absolute Gasteiger partial charge is 0.367 e. The van der Waals surface area contributed by atoms with E-state index in [1.165, 1.54) is 5.56 Å². The number of nitrogens with zero attached hydrogens (tertiary/aromatic N) is 2. The van der Waals surface area contributed by atoms with Crippen LogP contribution in [0.2, 0.25) is 0 Å². The van der Waals surface area contributed by atoms with Gasteiger partial charge in [-0.1, -0.05) is 30.3 Å². The molecule has 0 spiro atoms. The minimum Gasteiger partial charge on any atom is -0.367 e. The SMILES string of the molecule is NNc1nccc(NC2CC2c2ccccc2)n1. The lowest BCUT2D eigenvalue weighted by Crippen LogP contribution is -2.12. The number of rotatable bonds is 4. The van der Waals surface area contributed by atoms with Crippen molar-refractivity contribution in [1.29, 1.82) is 0 Å². The van der Waals surface area contributed by atoms with E-state index in [1.54, 1.807) is 6.20 Å². The molecule has 3 rings (SSSR count). The van der Waals surface area contributed by atoms with Gasteiger partial charge in [-0.05, 0) is 18.1 Å². The highest BCUT2D eigenvalue weighted by molar-refractivity contribution is 5.44. The van der Waals surface area contributed by atoms with Crippen molar-refractivity contribution in [1.82, 2.24) is 9.97 Å². The highest BCUT2D eigenvalue weighted by Crippen LogP contribution is 2.42. The van der Waals surface area contributed by atoms with E-state index in [0.717, 1.165) is 12.2 Å². The molecule has 2 aromatic rings. The fraction of sp³-hybridized carbons (Fsp3) is 0.231. The quantitative estimate of drug-likeness (QED) is 0.561. The Labute approximate surface area is 105 Å². The van der Waals surface area contributed by atoms with Gasteiger partial charge in [-0.2, -0.15) is 4.98 Å². The Morgan fingerprint density at radius 2 is 2.00 bits per heavy atom. The molecule has 1 aromatic carbocycles. The first-order valence-corrected chi connectivity index (χ1v) is 5.98. The van der Waals surface area contributed by atoms with Crippen LogP contribution in [0.3, 0.4) is 0 Å². The van der Waals surface area contributed by atoms with Crippen molar-refractivity contribution in [3.63, 3.8) is 0 Å². The number of hydrazine groups is 1. The smallest absolute Gasteiger partial charge is 0.239 e. The fourth-order valence-electron chi connectivity index (χ4n) is 2.12. The molecular formula is C13H15N5. The average molecular weight is 241 g/mol. The van der Waals surface area contributed by atoms with Gasteiger partial charge in [0.25, 0.3) is 0 Å². The van der Waals surface area contributed by atoms with Crippen LogP contribution in [0.25, 0.3) is 0 Å². The van der Waals surface area contributed by atoms with E-state index in [9.17, 15) is 0 Å². The van der Waals surface area contributed by atoms with Gasteiger partial charge in [0.1, 0.15) is 5.82 Å². The minimum absolute atomic E-state index is 0.428. The van der Waals surface area contributed by atoms with Crippen molar-refractivity contribution in [3.8, 4) is 0 Å². The van der Waals surface area contributed by atoms with Crippen LogP contribution < -0.4 is 16.6 Å².